The van der Waals surface area contributed by atoms with Crippen molar-refractivity contribution >= 4 is 17.8 Å². The maximum atomic E-state index is 13.2. The van der Waals surface area contributed by atoms with Gasteiger partial charge in [0.2, 0.25) is 12.1 Å². The maximum Gasteiger partial charge on any atom is 0.416 e. The van der Waals surface area contributed by atoms with Gasteiger partial charge in [-0.05, 0) is 38.5 Å². The quantitative estimate of drug-likeness (QED) is 0.217. The second kappa shape index (κ2) is 10.1. The number of hydrogen-bond donors (Lipinski definition) is 0. The number of benzene rings is 1. The molecule has 8 heteroatoms. The van der Waals surface area contributed by atoms with Crippen LogP contribution in [-0.4, -0.2) is 37.9 Å². The van der Waals surface area contributed by atoms with Gasteiger partial charge in [0.05, 0.1) is 12.2 Å². The van der Waals surface area contributed by atoms with Crippen LogP contribution >= 0.6 is 0 Å². The van der Waals surface area contributed by atoms with Crippen molar-refractivity contribution in [3.8, 4) is 0 Å². The molecule has 0 saturated heterocycles. The second-order valence-corrected chi connectivity index (χ2v) is 4.97. The summed E-state index contributed by atoms with van der Waals surface area (Å²) < 4.78 is 54.6. The molecule has 0 aliphatic rings. The van der Waals surface area contributed by atoms with E-state index in [1.807, 2.05) is 0 Å². The van der Waals surface area contributed by atoms with Crippen LogP contribution < -0.4 is 0 Å². The largest absolute Gasteiger partial charge is 0.462 e. The van der Waals surface area contributed by atoms with Crippen LogP contribution in [0.5, 0.6) is 0 Å². The fourth-order valence-electron chi connectivity index (χ4n) is 2.11. The maximum absolute atomic E-state index is 13.2. The Balaban J connectivity index is 3.41. The van der Waals surface area contributed by atoms with E-state index in [1.54, 1.807) is 13.8 Å². The standard InChI is InChI=1S/C18H21F3O5/c1-4-24-16(23)13(15(22)17(25-5-2)26-6-3)11-12-9-7-8-10-14(12)18(19,20)21/h7-11,17H,4-6H2,1-3H3/b13-11+. The molecule has 0 saturated carbocycles. The molecule has 0 aliphatic carbocycles. The minimum Gasteiger partial charge on any atom is -0.462 e. The Morgan fingerprint density at radius 1 is 1.04 bits per heavy atom. The van der Waals surface area contributed by atoms with Gasteiger partial charge in [-0.15, -0.1) is 0 Å². The zero-order chi connectivity index (χ0) is 19.7. The van der Waals surface area contributed by atoms with Gasteiger partial charge >= 0.3 is 12.1 Å². The molecule has 0 atom stereocenters. The zero-order valence-corrected chi connectivity index (χ0v) is 14.8. The van der Waals surface area contributed by atoms with Crippen molar-refractivity contribution in [2.45, 2.75) is 33.2 Å². The van der Waals surface area contributed by atoms with Crippen LogP contribution in [-0.2, 0) is 30.0 Å². The smallest absolute Gasteiger partial charge is 0.416 e. The molecule has 1 aromatic rings. The van der Waals surface area contributed by atoms with Crippen molar-refractivity contribution < 1.29 is 37.0 Å². The number of carbonyl (C=O) groups excluding carboxylic acids is 2. The first-order chi connectivity index (χ1) is 12.3. The normalized spacial score (nSPS) is 12.3. The van der Waals surface area contributed by atoms with Gasteiger partial charge in [-0.3, -0.25) is 4.79 Å². The number of esters is 1. The van der Waals surface area contributed by atoms with Crippen LogP contribution in [0.1, 0.15) is 31.9 Å². The molecule has 144 valence electrons. The third-order valence-corrected chi connectivity index (χ3v) is 3.18. The van der Waals surface area contributed by atoms with E-state index in [1.165, 1.54) is 19.1 Å². The predicted molar refractivity (Wildman–Crippen MR) is 88.1 cm³/mol. The molecule has 1 aromatic carbocycles. The van der Waals surface area contributed by atoms with E-state index in [-0.39, 0.29) is 25.4 Å². The van der Waals surface area contributed by atoms with Gasteiger partial charge < -0.3 is 14.2 Å². The predicted octanol–water partition coefficient (Wildman–Crippen LogP) is 3.62. The summed E-state index contributed by atoms with van der Waals surface area (Å²) >= 11 is 0. The molecule has 1 rings (SSSR count). The molecule has 0 radical (unpaired) electrons. The lowest BCUT2D eigenvalue weighted by atomic mass is 10.0. The topological polar surface area (TPSA) is 61.8 Å². The minimum absolute atomic E-state index is 0.0433. The highest BCUT2D eigenvalue weighted by atomic mass is 19.4. The Kier molecular flexibility index (Phi) is 8.47. The van der Waals surface area contributed by atoms with Crippen LogP contribution in [0.3, 0.4) is 0 Å². The fourth-order valence-corrected chi connectivity index (χ4v) is 2.11. The van der Waals surface area contributed by atoms with Gasteiger partial charge in [-0.2, -0.15) is 13.2 Å². The van der Waals surface area contributed by atoms with Gasteiger partial charge in [0.1, 0.15) is 5.57 Å². The van der Waals surface area contributed by atoms with E-state index >= 15 is 0 Å². The summed E-state index contributed by atoms with van der Waals surface area (Å²) in [4.78, 5) is 24.8. The van der Waals surface area contributed by atoms with E-state index in [9.17, 15) is 22.8 Å². The summed E-state index contributed by atoms with van der Waals surface area (Å²) in [5.41, 5.74) is -1.88. The number of alkyl halides is 3. The molecular weight excluding hydrogens is 353 g/mol. The molecule has 0 aliphatic heterocycles. The summed E-state index contributed by atoms with van der Waals surface area (Å²) in [6, 6.07) is 4.61. The Labute approximate surface area is 149 Å². The highest BCUT2D eigenvalue weighted by Crippen LogP contribution is 2.33. The van der Waals surface area contributed by atoms with Crippen LogP contribution in [0.25, 0.3) is 6.08 Å². The van der Waals surface area contributed by atoms with Crippen LogP contribution in [0.4, 0.5) is 13.2 Å². The van der Waals surface area contributed by atoms with E-state index in [0.29, 0.717) is 0 Å². The number of rotatable bonds is 9. The summed E-state index contributed by atoms with van der Waals surface area (Å²) in [6.07, 6.45) is -5.19. The van der Waals surface area contributed by atoms with Crippen molar-refractivity contribution in [2.24, 2.45) is 0 Å². The number of hydrogen-bond acceptors (Lipinski definition) is 5. The first-order valence-electron chi connectivity index (χ1n) is 8.08. The van der Waals surface area contributed by atoms with E-state index in [2.05, 4.69) is 0 Å². The molecule has 0 aromatic heterocycles. The number of ketones is 1. The van der Waals surface area contributed by atoms with Crippen LogP contribution in [0.15, 0.2) is 29.8 Å². The Morgan fingerprint density at radius 3 is 2.12 bits per heavy atom. The third-order valence-electron chi connectivity index (χ3n) is 3.18. The Hall–Kier alpha value is -2.19. The molecule has 0 fully saturated rings. The van der Waals surface area contributed by atoms with Crippen molar-refractivity contribution in [3.63, 3.8) is 0 Å². The van der Waals surface area contributed by atoms with Crippen molar-refractivity contribution in [1.29, 1.82) is 0 Å². The highest BCUT2D eigenvalue weighted by molar-refractivity contribution is 6.21. The lowest BCUT2D eigenvalue weighted by Crippen LogP contribution is -2.32. The van der Waals surface area contributed by atoms with Crippen LogP contribution in [0.2, 0.25) is 0 Å². The third kappa shape index (κ3) is 5.96. The van der Waals surface area contributed by atoms with Gasteiger partial charge in [0, 0.05) is 13.2 Å². The SMILES string of the molecule is CCOC(=O)/C(=C/c1ccccc1C(F)(F)F)C(=O)C(OCC)OCC. The monoisotopic (exact) mass is 374 g/mol. The molecule has 0 bridgehead atoms. The number of Topliss-reactive ketones (excluding diaryl/α,β-unsaturated/α-hetero) is 1. The summed E-state index contributed by atoms with van der Waals surface area (Å²) in [5, 5.41) is 0. The first kappa shape index (κ1) is 21.9. The lowest BCUT2D eigenvalue weighted by molar-refractivity contribution is -0.166. The Morgan fingerprint density at radius 2 is 1.62 bits per heavy atom. The second-order valence-electron chi connectivity index (χ2n) is 4.97. The summed E-state index contributed by atoms with van der Waals surface area (Å²) in [5.74, 6) is -1.94. The van der Waals surface area contributed by atoms with Crippen molar-refractivity contribution in [1.82, 2.24) is 0 Å². The van der Waals surface area contributed by atoms with E-state index in [4.69, 9.17) is 14.2 Å². The molecule has 0 heterocycles. The van der Waals surface area contributed by atoms with E-state index in [0.717, 1.165) is 18.2 Å². The average molecular weight is 374 g/mol. The van der Waals surface area contributed by atoms with E-state index < -0.39 is 35.4 Å². The molecular formula is C18H21F3O5. The molecule has 26 heavy (non-hydrogen) atoms. The number of halogens is 3. The van der Waals surface area contributed by atoms with Gasteiger partial charge in [0.25, 0.3) is 0 Å². The van der Waals surface area contributed by atoms with Crippen LogP contribution in [0, 0.1) is 0 Å². The first-order valence-corrected chi connectivity index (χ1v) is 8.08. The van der Waals surface area contributed by atoms with Crippen molar-refractivity contribution in [3.05, 3.63) is 41.0 Å². The molecule has 0 N–H and O–H groups in total. The van der Waals surface area contributed by atoms with Gasteiger partial charge in [-0.1, -0.05) is 18.2 Å². The molecule has 0 spiro atoms. The summed E-state index contributed by atoms with van der Waals surface area (Å²) in [6.45, 7) is 4.94. The van der Waals surface area contributed by atoms with Gasteiger partial charge in [-0.25, -0.2) is 4.79 Å². The highest BCUT2D eigenvalue weighted by Gasteiger charge is 2.34. The Bertz CT molecular complexity index is 646. The number of carbonyl (C=O) groups is 2. The zero-order valence-electron chi connectivity index (χ0n) is 14.8. The summed E-state index contributed by atoms with van der Waals surface area (Å²) in [7, 11) is 0. The average Bonchev–Trinajstić information content (AvgIpc) is 2.58. The van der Waals surface area contributed by atoms with Crippen molar-refractivity contribution in [2.75, 3.05) is 19.8 Å². The number of ether oxygens (including phenoxy) is 3. The molecule has 0 unspecified atom stereocenters. The minimum atomic E-state index is -4.64. The molecule has 5 nitrogen and oxygen atoms in total. The fraction of sp³-hybridized carbons (Fsp3) is 0.444. The molecule has 0 amide bonds. The lowest BCUT2D eigenvalue weighted by Gasteiger charge is -2.17. The van der Waals surface area contributed by atoms with Gasteiger partial charge in [0.15, 0.2) is 0 Å².